The predicted octanol–water partition coefficient (Wildman–Crippen LogP) is 1.85. The average Bonchev–Trinajstić information content (AvgIpc) is 2.63. The zero-order valence-electron chi connectivity index (χ0n) is 14.6. The van der Waals surface area contributed by atoms with Gasteiger partial charge in [0.2, 0.25) is 11.8 Å². The number of rotatable bonds is 5. The maximum Gasteiger partial charge on any atom is 0.248 e. The molecule has 1 aliphatic heterocycles. The molecular formula is C18H18N4O4S. The number of carbonyl (C=O) groups is 2. The van der Waals surface area contributed by atoms with E-state index in [1.807, 2.05) is 6.92 Å². The molecule has 2 heterocycles. The summed E-state index contributed by atoms with van der Waals surface area (Å²) in [6.45, 7) is 1.89. The molecule has 0 saturated heterocycles. The Morgan fingerprint density at radius 2 is 1.93 bits per heavy atom. The van der Waals surface area contributed by atoms with Gasteiger partial charge < -0.3 is 5.32 Å². The van der Waals surface area contributed by atoms with Gasteiger partial charge in [-0.2, -0.15) is 10.1 Å². The summed E-state index contributed by atoms with van der Waals surface area (Å²) in [4.78, 5) is 28.4. The Bertz CT molecular complexity index is 989. The second-order valence-corrected chi connectivity index (χ2v) is 8.15. The monoisotopic (exact) mass is 386 g/mol. The molecule has 0 saturated carbocycles. The van der Waals surface area contributed by atoms with Gasteiger partial charge in [-0.15, -0.1) is 0 Å². The van der Waals surface area contributed by atoms with Crippen LogP contribution in [-0.2, 0) is 19.4 Å². The Hall–Kier alpha value is -3.07. The number of nitrogens with one attached hydrogen (secondary N) is 1. The third-order valence-electron chi connectivity index (χ3n) is 3.91. The lowest BCUT2D eigenvalue weighted by atomic mass is 10.1. The van der Waals surface area contributed by atoms with Gasteiger partial charge in [-0.25, -0.2) is 8.42 Å². The largest absolute Gasteiger partial charge is 0.323 e. The standard InChI is InChI=1S/C18H18N4O4S/c1-13-10-18(24)22(20-11-13)16-5-3-2-4-15(16)21-17(23)12-27(25,26)14-6-8-19-9-7-14/h2-9,11,13H,10,12H2,1H3,(H,21,23). The van der Waals surface area contributed by atoms with E-state index in [2.05, 4.69) is 15.4 Å². The van der Waals surface area contributed by atoms with Gasteiger partial charge in [-0.1, -0.05) is 19.1 Å². The average molecular weight is 386 g/mol. The molecule has 0 bridgehead atoms. The predicted molar refractivity (Wildman–Crippen MR) is 101 cm³/mol. The lowest BCUT2D eigenvalue weighted by Gasteiger charge is -2.24. The van der Waals surface area contributed by atoms with Crippen LogP contribution in [0.4, 0.5) is 11.4 Å². The second kappa shape index (κ2) is 7.67. The molecule has 2 amide bonds. The van der Waals surface area contributed by atoms with Crippen molar-refractivity contribution in [2.45, 2.75) is 18.2 Å². The lowest BCUT2D eigenvalue weighted by molar-refractivity contribution is -0.119. The van der Waals surface area contributed by atoms with Crippen LogP contribution in [0.3, 0.4) is 0 Å². The van der Waals surface area contributed by atoms with Gasteiger partial charge in [-0.05, 0) is 24.3 Å². The minimum atomic E-state index is -3.80. The van der Waals surface area contributed by atoms with Gasteiger partial charge in [0.25, 0.3) is 0 Å². The number of sulfone groups is 1. The van der Waals surface area contributed by atoms with Crippen molar-refractivity contribution in [3.05, 3.63) is 48.8 Å². The van der Waals surface area contributed by atoms with Crippen LogP contribution in [0.5, 0.6) is 0 Å². The van der Waals surface area contributed by atoms with E-state index in [0.29, 0.717) is 17.8 Å². The molecule has 140 valence electrons. The molecule has 2 aromatic rings. The number of hydrogen-bond donors (Lipinski definition) is 1. The summed E-state index contributed by atoms with van der Waals surface area (Å²) in [7, 11) is -3.80. The molecule has 1 aromatic heterocycles. The minimum Gasteiger partial charge on any atom is -0.323 e. The van der Waals surface area contributed by atoms with Crippen LogP contribution in [0.1, 0.15) is 13.3 Å². The number of anilines is 2. The number of benzene rings is 1. The van der Waals surface area contributed by atoms with Crippen molar-refractivity contribution < 1.29 is 18.0 Å². The number of nitrogens with zero attached hydrogens (tertiary/aromatic N) is 3. The van der Waals surface area contributed by atoms with Crippen LogP contribution in [0, 0.1) is 5.92 Å². The Morgan fingerprint density at radius 3 is 2.63 bits per heavy atom. The summed E-state index contributed by atoms with van der Waals surface area (Å²) >= 11 is 0. The SMILES string of the molecule is CC1C=NN(c2ccccc2NC(=O)CS(=O)(=O)c2ccncc2)C(=O)C1. The maximum absolute atomic E-state index is 12.3. The fourth-order valence-corrected chi connectivity index (χ4v) is 3.73. The number of aromatic nitrogens is 1. The van der Waals surface area contributed by atoms with Gasteiger partial charge in [0.15, 0.2) is 9.84 Å². The number of amides is 2. The number of hydrazone groups is 1. The summed E-state index contributed by atoms with van der Waals surface area (Å²) in [6, 6.07) is 9.28. The molecule has 3 rings (SSSR count). The van der Waals surface area contributed by atoms with Crippen molar-refractivity contribution in [2.24, 2.45) is 11.0 Å². The normalized spacial score (nSPS) is 17.0. The van der Waals surface area contributed by atoms with E-state index < -0.39 is 21.5 Å². The molecule has 1 unspecified atom stereocenters. The van der Waals surface area contributed by atoms with Crippen LogP contribution >= 0.6 is 0 Å². The van der Waals surface area contributed by atoms with Crippen molar-refractivity contribution in [3.63, 3.8) is 0 Å². The first-order valence-corrected chi connectivity index (χ1v) is 9.91. The molecule has 27 heavy (non-hydrogen) atoms. The van der Waals surface area contributed by atoms with Crippen molar-refractivity contribution >= 4 is 39.2 Å². The minimum absolute atomic E-state index is 0.0192. The summed E-state index contributed by atoms with van der Waals surface area (Å²) in [6.07, 6.45) is 4.66. The summed E-state index contributed by atoms with van der Waals surface area (Å²) in [5.41, 5.74) is 0.702. The van der Waals surface area contributed by atoms with Crippen LogP contribution in [0.25, 0.3) is 0 Å². The number of pyridine rings is 1. The second-order valence-electron chi connectivity index (χ2n) is 6.16. The van der Waals surface area contributed by atoms with E-state index in [1.165, 1.54) is 29.5 Å². The van der Waals surface area contributed by atoms with E-state index in [1.54, 1.807) is 30.5 Å². The Kier molecular flexibility index (Phi) is 5.31. The van der Waals surface area contributed by atoms with Gasteiger partial charge in [0.05, 0.1) is 16.3 Å². The molecule has 8 nitrogen and oxygen atoms in total. The molecule has 0 fully saturated rings. The summed E-state index contributed by atoms with van der Waals surface area (Å²) in [5, 5.41) is 7.91. The molecule has 1 N–H and O–H groups in total. The molecule has 1 aromatic carbocycles. The topological polar surface area (TPSA) is 109 Å². The highest BCUT2D eigenvalue weighted by molar-refractivity contribution is 7.92. The van der Waals surface area contributed by atoms with E-state index in [-0.39, 0.29) is 16.7 Å². The zero-order valence-corrected chi connectivity index (χ0v) is 15.4. The molecule has 0 radical (unpaired) electrons. The first-order valence-electron chi connectivity index (χ1n) is 8.25. The Labute approximate surface area is 156 Å². The van der Waals surface area contributed by atoms with Crippen molar-refractivity contribution in [1.29, 1.82) is 0 Å². The van der Waals surface area contributed by atoms with Crippen molar-refractivity contribution in [3.8, 4) is 0 Å². The number of para-hydroxylation sites is 2. The molecule has 0 aliphatic carbocycles. The summed E-state index contributed by atoms with van der Waals surface area (Å²) < 4.78 is 24.7. The highest BCUT2D eigenvalue weighted by Crippen LogP contribution is 2.28. The third-order valence-corrected chi connectivity index (χ3v) is 5.54. The summed E-state index contributed by atoms with van der Waals surface area (Å²) in [5.74, 6) is -1.59. The lowest BCUT2D eigenvalue weighted by Crippen LogP contribution is -2.33. The van der Waals surface area contributed by atoms with E-state index >= 15 is 0 Å². The zero-order chi connectivity index (χ0) is 19.4. The van der Waals surface area contributed by atoms with Crippen LogP contribution in [-0.4, -0.2) is 37.2 Å². The van der Waals surface area contributed by atoms with E-state index in [0.717, 1.165) is 0 Å². The molecular weight excluding hydrogens is 368 g/mol. The smallest absolute Gasteiger partial charge is 0.248 e. The molecule has 9 heteroatoms. The van der Waals surface area contributed by atoms with Crippen LogP contribution in [0.15, 0.2) is 58.8 Å². The Morgan fingerprint density at radius 1 is 1.22 bits per heavy atom. The van der Waals surface area contributed by atoms with Crippen LogP contribution in [0.2, 0.25) is 0 Å². The van der Waals surface area contributed by atoms with Gasteiger partial charge >= 0.3 is 0 Å². The van der Waals surface area contributed by atoms with Gasteiger partial charge in [0.1, 0.15) is 5.75 Å². The highest BCUT2D eigenvalue weighted by Gasteiger charge is 2.25. The molecule has 0 spiro atoms. The first-order chi connectivity index (χ1) is 12.9. The Balaban J connectivity index is 1.80. The third kappa shape index (κ3) is 4.37. The van der Waals surface area contributed by atoms with E-state index in [4.69, 9.17) is 0 Å². The van der Waals surface area contributed by atoms with Crippen molar-refractivity contribution in [1.82, 2.24) is 4.98 Å². The molecule has 1 atom stereocenters. The fraction of sp³-hybridized carbons (Fsp3) is 0.222. The maximum atomic E-state index is 12.3. The van der Waals surface area contributed by atoms with Gasteiger partial charge in [-0.3, -0.25) is 14.6 Å². The van der Waals surface area contributed by atoms with E-state index in [9.17, 15) is 18.0 Å². The first kappa shape index (κ1) is 18.7. The molecule has 1 aliphatic rings. The number of hydrogen-bond acceptors (Lipinski definition) is 6. The van der Waals surface area contributed by atoms with Crippen molar-refractivity contribution in [2.75, 3.05) is 16.1 Å². The quantitative estimate of drug-likeness (QED) is 0.843. The van der Waals surface area contributed by atoms with Gasteiger partial charge in [0, 0.05) is 30.9 Å². The van der Waals surface area contributed by atoms with Crippen LogP contribution < -0.4 is 10.3 Å². The fourth-order valence-electron chi connectivity index (χ4n) is 2.61. The number of carbonyl (C=O) groups excluding carboxylic acids is 2. The highest BCUT2D eigenvalue weighted by atomic mass is 32.2.